The average molecular weight is 177 g/mol. The van der Waals surface area contributed by atoms with E-state index in [1.807, 2.05) is 24.3 Å². The van der Waals surface area contributed by atoms with Crippen LogP contribution in [-0.2, 0) is 11.2 Å². The number of fused-ring (bicyclic) bond motifs is 1. The van der Waals surface area contributed by atoms with E-state index in [-0.39, 0.29) is 5.91 Å². The summed E-state index contributed by atoms with van der Waals surface area (Å²) in [5.41, 5.74) is 4.88. The number of hydrogen-bond donors (Lipinski definition) is 2. The number of hydrazine groups is 2. The van der Waals surface area contributed by atoms with Crippen LogP contribution in [-0.4, -0.2) is 11.0 Å². The molecule has 0 aromatic heterocycles. The summed E-state index contributed by atoms with van der Waals surface area (Å²) in [7, 11) is 0. The molecular formula is C9H11N3O. The lowest BCUT2D eigenvalue weighted by Gasteiger charge is -2.15. The first kappa shape index (κ1) is 8.07. The Kier molecular flexibility index (Phi) is 1.90. The SMILES string of the molecule is NN1Nc2ccccc2CCC1=O. The molecule has 1 aromatic carbocycles. The summed E-state index contributed by atoms with van der Waals surface area (Å²) >= 11 is 0. The van der Waals surface area contributed by atoms with E-state index in [4.69, 9.17) is 5.84 Å². The number of nitrogens with one attached hydrogen (secondary N) is 1. The Balaban J connectivity index is 2.35. The van der Waals surface area contributed by atoms with Crippen molar-refractivity contribution >= 4 is 11.6 Å². The van der Waals surface area contributed by atoms with Crippen molar-refractivity contribution in [1.29, 1.82) is 0 Å². The molecule has 0 aliphatic carbocycles. The normalized spacial score (nSPS) is 16.1. The Labute approximate surface area is 76.3 Å². The second kappa shape index (κ2) is 3.06. The molecule has 1 amide bonds. The highest BCUT2D eigenvalue weighted by atomic mass is 16.2. The number of benzene rings is 1. The van der Waals surface area contributed by atoms with Gasteiger partial charge in [0.15, 0.2) is 0 Å². The summed E-state index contributed by atoms with van der Waals surface area (Å²) in [5.74, 6) is 5.38. The van der Waals surface area contributed by atoms with Crippen molar-refractivity contribution in [2.75, 3.05) is 5.43 Å². The number of amides is 1. The monoisotopic (exact) mass is 177 g/mol. The van der Waals surface area contributed by atoms with E-state index in [1.54, 1.807) is 0 Å². The minimum atomic E-state index is -0.0869. The van der Waals surface area contributed by atoms with Gasteiger partial charge in [0.1, 0.15) is 0 Å². The Morgan fingerprint density at radius 3 is 2.92 bits per heavy atom. The van der Waals surface area contributed by atoms with Gasteiger partial charge in [-0.2, -0.15) is 5.12 Å². The zero-order valence-corrected chi connectivity index (χ0v) is 7.16. The Morgan fingerprint density at radius 1 is 1.31 bits per heavy atom. The molecule has 0 saturated heterocycles. The van der Waals surface area contributed by atoms with Crippen LogP contribution >= 0.6 is 0 Å². The van der Waals surface area contributed by atoms with Gasteiger partial charge in [0.25, 0.3) is 5.91 Å². The van der Waals surface area contributed by atoms with E-state index in [2.05, 4.69) is 5.43 Å². The largest absolute Gasteiger partial charge is 0.281 e. The third-order valence-corrected chi connectivity index (χ3v) is 2.14. The predicted octanol–water partition coefficient (Wildman–Crippen LogP) is 0.662. The van der Waals surface area contributed by atoms with Crippen molar-refractivity contribution in [2.45, 2.75) is 12.8 Å². The maximum Gasteiger partial charge on any atom is 0.255 e. The second-order valence-corrected chi connectivity index (χ2v) is 3.03. The smallest absolute Gasteiger partial charge is 0.255 e. The number of carbonyl (C=O) groups is 1. The van der Waals surface area contributed by atoms with E-state index in [9.17, 15) is 4.79 Å². The fraction of sp³-hybridized carbons (Fsp3) is 0.222. The van der Waals surface area contributed by atoms with Crippen molar-refractivity contribution in [1.82, 2.24) is 5.12 Å². The summed E-state index contributed by atoms with van der Waals surface area (Å²) in [6, 6.07) is 7.77. The fourth-order valence-electron chi connectivity index (χ4n) is 1.40. The van der Waals surface area contributed by atoms with E-state index in [0.717, 1.165) is 22.8 Å². The average Bonchev–Trinajstić information content (AvgIpc) is 2.28. The topological polar surface area (TPSA) is 58.4 Å². The Hall–Kier alpha value is -1.55. The fourth-order valence-corrected chi connectivity index (χ4v) is 1.40. The molecule has 0 spiro atoms. The molecule has 4 nitrogen and oxygen atoms in total. The van der Waals surface area contributed by atoms with Gasteiger partial charge in [0.2, 0.25) is 0 Å². The Morgan fingerprint density at radius 2 is 2.08 bits per heavy atom. The van der Waals surface area contributed by atoms with Gasteiger partial charge in [-0.25, -0.2) is 5.84 Å². The first-order chi connectivity index (χ1) is 6.27. The molecule has 0 radical (unpaired) electrons. The van der Waals surface area contributed by atoms with Crippen molar-refractivity contribution in [3.63, 3.8) is 0 Å². The van der Waals surface area contributed by atoms with Crippen LogP contribution < -0.4 is 11.3 Å². The molecule has 0 atom stereocenters. The predicted molar refractivity (Wildman–Crippen MR) is 49.4 cm³/mol. The highest BCUT2D eigenvalue weighted by molar-refractivity contribution is 5.79. The zero-order chi connectivity index (χ0) is 9.26. The maximum absolute atomic E-state index is 11.2. The van der Waals surface area contributed by atoms with E-state index in [0.29, 0.717) is 6.42 Å². The zero-order valence-electron chi connectivity index (χ0n) is 7.16. The quantitative estimate of drug-likeness (QED) is 0.452. The van der Waals surface area contributed by atoms with Crippen LogP contribution in [0.1, 0.15) is 12.0 Å². The van der Waals surface area contributed by atoms with Gasteiger partial charge in [0, 0.05) is 6.42 Å². The standard InChI is InChI=1S/C9H11N3O/c10-12-9(13)6-5-7-3-1-2-4-8(7)11-12/h1-4,11H,5-6,10H2. The van der Waals surface area contributed by atoms with Crippen LogP contribution in [0.25, 0.3) is 0 Å². The van der Waals surface area contributed by atoms with Crippen molar-refractivity contribution in [3.05, 3.63) is 29.8 Å². The van der Waals surface area contributed by atoms with E-state index < -0.39 is 0 Å². The van der Waals surface area contributed by atoms with Crippen molar-refractivity contribution < 1.29 is 4.79 Å². The summed E-state index contributed by atoms with van der Waals surface area (Å²) in [6.07, 6.45) is 1.20. The molecule has 3 N–H and O–H groups in total. The summed E-state index contributed by atoms with van der Waals surface area (Å²) in [6.45, 7) is 0. The third-order valence-electron chi connectivity index (χ3n) is 2.14. The van der Waals surface area contributed by atoms with Gasteiger partial charge in [-0.15, -0.1) is 0 Å². The minimum absolute atomic E-state index is 0.0869. The van der Waals surface area contributed by atoms with Crippen molar-refractivity contribution in [2.24, 2.45) is 5.84 Å². The number of para-hydroxylation sites is 1. The van der Waals surface area contributed by atoms with Crippen LogP contribution in [0.15, 0.2) is 24.3 Å². The number of hydrogen-bond acceptors (Lipinski definition) is 3. The number of nitrogens with two attached hydrogens (primary N) is 1. The third kappa shape index (κ3) is 1.48. The minimum Gasteiger partial charge on any atom is -0.281 e. The molecule has 0 bridgehead atoms. The number of nitrogens with zero attached hydrogens (tertiary/aromatic N) is 1. The van der Waals surface area contributed by atoms with Gasteiger partial charge >= 0.3 is 0 Å². The lowest BCUT2D eigenvalue weighted by molar-refractivity contribution is -0.129. The first-order valence-corrected chi connectivity index (χ1v) is 4.19. The summed E-state index contributed by atoms with van der Waals surface area (Å²) in [5, 5.41) is 1.05. The molecule has 2 rings (SSSR count). The molecule has 1 aliphatic heterocycles. The van der Waals surface area contributed by atoms with Crippen LogP contribution in [0.3, 0.4) is 0 Å². The van der Waals surface area contributed by atoms with E-state index in [1.165, 1.54) is 0 Å². The summed E-state index contributed by atoms with van der Waals surface area (Å²) < 4.78 is 0. The first-order valence-electron chi connectivity index (χ1n) is 4.19. The molecule has 1 aromatic rings. The van der Waals surface area contributed by atoms with Crippen LogP contribution in [0.2, 0.25) is 0 Å². The maximum atomic E-state index is 11.2. The van der Waals surface area contributed by atoms with Gasteiger partial charge < -0.3 is 0 Å². The molecule has 4 heteroatoms. The highest BCUT2D eigenvalue weighted by Crippen LogP contribution is 2.19. The molecule has 13 heavy (non-hydrogen) atoms. The lowest BCUT2D eigenvalue weighted by atomic mass is 10.1. The Bertz CT molecular complexity index is 337. The molecule has 68 valence electrons. The van der Waals surface area contributed by atoms with Crippen LogP contribution in [0.4, 0.5) is 5.69 Å². The lowest BCUT2D eigenvalue weighted by Crippen LogP contribution is -2.41. The second-order valence-electron chi connectivity index (χ2n) is 3.03. The molecule has 1 aliphatic rings. The number of rotatable bonds is 0. The molecule has 0 unspecified atom stereocenters. The number of anilines is 1. The highest BCUT2D eigenvalue weighted by Gasteiger charge is 2.16. The number of carbonyl (C=O) groups excluding carboxylic acids is 1. The number of aryl methyl sites for hydroxylation is 1. The van der Waals surface area contributed by atoms with Gasteiger partial charge in [0.05, 0.1) is 5.69 Å². The van der Waals surface area contributed by atoms with Gasteiger partial charge in [-0.3, -0.25) is 10.2 Å². The van der Waals surface area contributed by atoms with Gasteiger partial charge in [-0.05, 0) is 18.1 Å². The molecule has 0 fully saturated rings. The van der Waals surface area contributed by atoms with Crippen LogP contribution in [0, 0.1) is 0 Å². The molecule has 1 heterocycles. The van der Waals surface area contributed by atoms with Crippen molar-refractivity contribution in [3.8, 4) is 0 Å². The molecular weight excluding hydrogens is 166 g/mol. The van der Waals surface area contributed by atoms with Gasteiger partial charge in [-0.1, -0.05) is 18.2 Å². The molecule has 0 saturated carbocycles. The van der Waals surface area contributed by atoms with E-state index >= 15 is 0 Å². The summed E-state index contributed by atoms with van der Waals surface area (Å²) in [4.78, 5) is 11.2. The van der Waals surface area contributed by atoms with Crippen LogP contribution in [0.5, 0.6) is 0 Å².